The summed E-state index contributed by atoms with van der Waals surface area (Å²) in [7, 11) is 1.84. The highest BCUT2D eigenvalue weighted by Gasteiger charge is 2.28. The van der Waals surface area contributed by atoms with Crippen LogP contribution >= 0.6 is 0 Å². The van der Waals surface area contributed by atoms with Crippen LogP contribution < -0.4 is 5.32 Å². The highest BCUT2D eigenvalue weighted by Crippen LogP contribution is 2.26. The van der Waals surface area contributed by atoms with Gasteiger partial charge in [0, 0.05) is 25.2 Å². The van der Waals surface area contributed by atoms with Crippen molar-refractivity contribution in [2.24, 2.45) is 7.05 Å². The van der Waals surface area contributed by atoms with E-state index < -0.39 is 5.60 Å². The van der Waals surface area contributed by atoms with Gasteiger partial charge in [-0.2, -0.15) is 5.10 Å². The lowest BCUT2D eigenvalue weighted by Gasteiger charge is -2.23. The summed E-state index contributed by atoms with van der Waals surface area (Å²) in [5.74, 6) is 1.32. The zero-order valence-corrected chi connectivity index (χ0v) is 13.5. The second kappa shape index (κ2) is 6.36. The number of aromatic nitrogens is 2. The molecule has 2 heterocycles. The third-order valence-electron chi connectivity index (χ3n) is 3.65. The van der Waals surface area contributed by atoms with Crippen LogP contribution in [0.25, 0.3) is 0 Å². The Morgan fingerprint density at radius 2 is 2.23 bits per heavy atom. The number of nitrogens with zero attached hydrogens (tertiary/aromatic N) is 2. The van der Waals surface area contributed by atoms with E-state index >= 15 is 0 Å². The van der Waals surface area contributed by atoms with Gasteiger partial charge in [0.25, 0.3) is 0 Å². The second-order valence-electron chi connectivity index (χ2n) is 5.90. The second-order valence-corrected chi connectivity index (χ2v) is 5.90. The summed E-state index contributed by atoms with van der Waals surface area (Å²) in [6.07, 6.45) is 4.64. The van der Waals surface area contributed by atoms with Crippen LogP contribution in [0.2, 0.25) is 0 Å². The predicted molar refractivity (Wildman–Crippen MR) is 82.3 cm³/mol. The van der Waals surface area contributed by atoms with E-state index in [4.69, 9.17) is 4.42 Å². The lowest BCUT2D eigenvalue weighted by atomic mass is 9.96. The van der Waals surface area contributed by atoms with Gasteiger partial charge in [-0.1, -0.05) is 0 Å². The molecule has 6 heteroatoms. The molecule has 0 saturated carbocycles. The third kappa shape index (κ3) is 3.98. The summed E-state index contributed by atoms with van der Waals surface area (Å²) in [6, 6.07) is 1.80. The normalized spacial score (nSPS) is 13.9. The van der Waals surface area contributed by atoms with Crippen molar-refractivity contribution in [1.29, 1.82) is 0 Å². The number of nitrogens with one attached hydrogen (secondary N) is 1. The van der Waals surface area contributed by atoms with Crippen molar-refractivity contribution in [3.8, 4) is 0 Å². The fraction of sp³-hybridized carbons (Fsp3) is 0.500. The van der Waals surface area contributed by atoms with Gasteiger partial charge in [0.2, 0.25) is 5.91 Å². The average molecular weight is 305 g/mol. The summed E-state index contributed by atoms with van der Waals surface area (Å²) < 4.78 is 7.14. The molecule has 0 bridgehead atoms. The number of carbonyl (C=O) groups excluding carboxylic acids is 1. The number of aliphatic hydroxyl groups is 1. The molecule has 1 unspecified atom stereocenters. The number of hydrogen-bond acceptors (Lipinski definition) is 4. The summed E-state index contributed by atoms with van der Waals surface area (Å²) in [5.41, 5.74) is 0.578. The van der Waals surface area contributed by atoms with Crippen molar-refractivity contribution in [1.82, 2.24) is 15.1 Å². The molecule has 0 saturated heterocycles. The molecule has 22 heavy (non-hydrogen) atoms. The molecule has 2 aromatic heterocycles. The Balaban J connectivity index is 1.86. The van der Waals surface area contributed by atoms with Crippen molar-refractivity contribution in [2.75, 3.05) is 6.54 Å². The van der Waals surface area contributed by atoms with E-state index in [1.807, 2.05) is 20.2 Å². The monoisotopic (exact) mass is 305 g/mol. The van der Waals surface area contributed by atoms with E-state index in [0.29, 0.717) is 24.2 Å². The van der Waals surface area contributed by atoms with Gasteiger partial charge < -0.3 is 14.8 Å². The fourth-order valence-electron chi connectivity index (χ4n) is 2.48. The fourth-order valence-corrected chi connectivity index (χ4v) is 2.48. The molecule has 0 radical (unpaired) electrons. The molecule has 0 spiro atoms. The Morgan fingerprint density at radius 3 is 2.77 bits per heavy atom. The van der Waals surface area contributed by atoms with Crippen LogP contribution in [0.4, 0.5) is 0 Å². The summed E-state index contributed by atoms with van der Waals surface area (Å²) in [6.45, 7) is 5.46. The van der Waals surface area contributed by atoms with Gasteiger partial charge >= 0.3 is 0 Å². The summed E-state index contributed by atoms with van der Waals surface area (Å²) >= 11 is 0. The Hall–Kier alpha value is -2.08. The van der Waals surface area contributed by atoms with Crippen LogP contribution in [0.3, 0.4) is 0 Å². The van der Waals surface area contributed by atoms with Crippen molar-refractivity contribution in [3.05, 3.63) is 41.1 Å². The Morgan fingerprint density at radius 1 is 1.50 bits per heavy atom. The molecular weight excluding hydrogens is 282 g/mol. The van der Waals surface area contributed by atoms with Crippen LogP contribution in [0, 0.1) is 13.8 Å². The minimum atomic E-state index is -1.15. The third-order valence-corrected chi connectivity index (χ3v) is 3.65. The number of amides is 1. The van der Waals surface area contributed by atoms with Crippen molar-refractivity contribution in [2.45, 2.75) is 39.2 Å². The molecule has 0 aliphatic rings. The molecule has 6 nitrogen and oxygen atoms in total. The lowest BCUT2D eigenvalue weighted by Crippen LogP contribution is -2.38. The van der Waals surface area contributed by atoms with Gasteiger partial charge in [-0.25, -0.2) is 0 Å². The molecule has 0 aromatic carbocycles. The summed E-state index contributed by atoms with van der Waals surface area (Å²) in [5, 5.41) is 17.4. The van der Waals surface area contributed by atoms with Crippen molar-refractivity contribution < 1.29 is 14.3 Å². The zero-order chi connectivity index (χ0) is 16.3. The minimum Gasteiger partial charge on any atom is -0.466 e. The SMILES string of the molecule is Cc1cc(C(C)(O)CNC(=O)CCc2cnn(C)c2)c(C)o1. The molecule has 0 aliphatic heterocycles. The molecule has 1 atom stereocenters. The molecule has 120 valence electrons. The van der Waals surface area contributed by atoms with E-state index in [-0.39, 0.29) is 12.5 Å². The van der Waals surface area contributed by atoms with Crippen molar-refractivity contribution >= 4 is 5.91 Å². The Bertz CT molecular complexity index is 655. The average Bonchev–Trinajstić information content (AvgIpc) is 3.00. The van der Waals surface area contributed by atoms with Crippen LogP contribution in [0.1, 0.15) is 36.0 Å². The first-order valence-corrected chi connectivity index (χ1v) is 7.32. The van der Waals surface area contributed by atoms with Crippen molar-refractivity contribution in [3.63, 3.8) is 0 Å². The van der Waals surface area contributed by atoms with Crippen LogP contribution in [0.5, 0.6) is 0 Å². The van der Waals surface area contributed by atoms with E-state index in [1.54, 1.807) is 30.8 Å². The van der Waals surface area contributed by atoms with Gasteiger partial charge in [0.05, 0.1) is 12.7 Å². The van der Waals surface area contributed by atoms with E-state index in [2.05, 4.69) is 10.4 Å². The first-order chi connectivity index (χ1) is 10.3. The molecule has 2 aromatic rings. The van der Waals surface area contributed by atoms with E-state index in [1.165, 1.54) is 0 Å². The first kappa shape index (κ1) is 16.3. The maximum Gasteiger partial charge on any atom is 0.220 e. The van der Waals surface area contributed by atoms with Gasteiger partial charge in [-0.3, -0.25) is 9.48 Å². The van der Waals surface area contributed by atoms with E-state index in [0.717, 1.165) is 11.3 Å². The standard InChI is InChI=1S/C16H23N3O3/c1-11-7-14(12(2)22-11)16(3,21)10-17-15(20)6-5-13-8-18-19(4)9-13/h7-9,21H,5-6,10H2,1-4H3,(H,17,20). The molecule has 0 fully saturated rings. The highest BCUT2D eigenvalue weighted by atomic mass is 16.3. The quantitative estimate of drug-likeness (QED) is 0.849. The van der Waals surface area contributed by atoms with Gasteiger partial charge in [0.1, 0.15) is 17.1 Å². The smallest absolute Gasteiger partial charge is 0.220 e. The first-order valence-electron chi connectivity index (χ1n) is 7.32. The van der Waals surface area contributed by atoms with E-state index in [9.17, 15) is 9.90 Å². The maximum atomic E-state index is 11.9. The number of carbonyl (C=O) groups is 1. The lowest BCUT2D eigenvalue weighted by molar-refractivity contribution is -0.122. The summed E-state index contributed by atoms with van der Waals surface area (Å²) in [4.78, 5) is 11.9. The number of furan rings is 1. The van der Waals surface area contributed by atoms with Crippen LogP contribution in [-0.2, 0) is 23.9 Å². The predicted octanol–water partition coefficient (Wildman–Crippen LogP) is 1.59. The topological polar surface area (TPSA) is 80.3 Å². The molecular formula is C16H23N3O3. The number of rotatable bonds is 6. The van der Waals surface area contributed by atoms with Gasteiger partial charge in [-0.05, 0) is 38.8 Å². The largest absolute Gasteiger partial charge is 0.466 e. The van der Waals surface area contributed by atoms with Gasteiger partial charge in [0.15, 0.2) is 0 Å². The Labute approximate surface area is 130 Å². The zero-order valence-electron chi connectivity index (χ0n) is 13.5. The maximum absolute atomic E-state index is 11.9. The number of aryl methyl sites for hydroxylation is 4. The molecule has 0 aliphatic carbocycles. The van der Waals surface area contributed by atoms with Crippen LogP contribution in [0.15, 0.2) is 22.9 Å². The molecule has 1 amide bonds. The molecule has 2 rings (SSSR count). The highest BCUT2D eigenvalue weighted by molar-refractivity contribution is 5.76. The van der Waals surface area contributed by atoms with Gasteiger partial charge in [-0.15, -0.1) is 0 Å². The molecule has 2 N–H and O–H groups in total. The Kier molecular flexibility index (Phi) is 4.71. The minimum absolute atomic E-state index is 0.0954. The number of hydrogen-bond donors (Lipinski definition) is 2. The van der Waals surface area contributed by atoms with Crippen LogP contribution in [-0.4, -0.2) is 27.3 Å².